The summed E-state index contributed by atoms with van der Waals surface area (Å²) in [5.41, 5.74) is 1.23. The summed E-state index contributed by atoms with van der Waals surface area (Å²) in [7, 11) is 0. The number of carbonyl (C=O) groups excluding carboxylic acids is 1. The first-order valence-corrected chi connectivity index (χ1v) is 3.39. The van der Waals surface area contributed by atoms with Crippen LogP contribution in [0, 0.1) is 0 Å². The molecule has 0 bridgehead atoms. The van der Waals surface area contributed by atoms with Gasteiger partial charge in [-0.15, -0.1) is 0 Å². The van der Waals surface area contributed by atoms with Gasteiger partial charge in [-0.25, -0.2) is 0 Å². The second-order valence-corrected chi connectivity index (χ2v) is 2.17. The molecule has 10 heavy (non-hydrogen) atoms. The fourth-order valence-electron chi connectivity index (χ4n) is 0.881. The Kier molecular flexibility index (Phi) is 2.68. The van der Waals surface area contributed by atoms with Crippen molar-refractivity contribution in [3.05, 3.63) is 36.0 Å². The van der Waals surface area contributed by atoms with Crippen molar-refractivity contribution in [2.75, 3.05) is 0 Å². The molecular weight excluding hydrogens is 124 g/mol. The van der Waals surface area contributed by atoms with Gasteiger partial charge < -0.3 is 4.79 Å². The van der Waals surface area contributed by atoms with Crippen molar-refractivity contribution in [1.29, 1.82) is 0 Å². The first-order valence-electron chi connectivity index (χ1n) is 3.39. The number of hydrogen-bond acceptors (Lipinski definition) is 1. The molecule has 0 fully saturated rings. The van der Waals surface area contributed by atoms with Crippen LogP contribution in [0.5, 0.6) is 0 Å². The Bertz CT molecular complexity index is 197. The molecule has 1 heteroatoms. The molecule has 1 rings (SSSR count). The molecule has 0 unspecified atom stereocenters. The Hall–Kier alpha value is -1.11. The van der Waals surface area contributed by atoms with E-state index in [1.54, 1.807) is 0 Å². The van der Waals surface area contributed by atoms with Gasteiger partial charge in [0.1, 0.15) is 6.29 Å². The van der Waals surface area contributed by atoms with Gasteiger partial charge in [0.2, 0.25) is 0 Å². The maximum atomic E-state index is 9.96. The Morgan fingerprint density at radius 1 is 1.50 bits per heavy atom. The van der Waals surface area contributed by atoms with Crippen LogP contribution in [0.2, 0.25) is 0 Å². The maximum Gasteiger partial charge on any atom is 0.123 e. The third kappa shape index (κ3) is 2.02. The van der Waals surface area contributed by atoms with E-state index in [-0.39, 0.29) is 0 Å². The molecule has 0 amide bonds. The van der Waals surface area contributed by atoms with Gasteiger partial charge in [-0.3, -0.25) is 0 Å². The summed E-state index contributed by atoms with van der Waals surface area (Å²) in [6, 6.07) is 0. The van der Waals surface area contributed by atoms with Crippen molar-refractivity contribution in [3.63, 3.8) is 0 Å². The minimum absolute atomic E-state index is 0.535. The Morgan fingerprint density at radius 3 is 3.00 bits per heavy atom. The minimum atomic E-state index is 0.535. The van der Waals surface area contributed by atoms with Crippen molar-refractivity contribution >= 4 is 6.29 Å². The lowest BCUT2D eigenvalue weighted by atomic mass is 10.1. The quantitative estimate of drug-likeness (QED) is 0.528. The van der Waals surface area contributed by atoms with Crippen LogP contribution in [0.3, 0.4) is 0 Å². The molecule has 0 spiro atoms. The van der Waals surface area contributed by atoms with Crippen LogP contribution in [0.25, 0.3) is 0 Å². The molecule has 0 aromatic carbocycles. The lowest BCUT2D eigenvalue weighted by molar-refractivity contribution is -0.107. The molecule has 1 aliphatic carbocycles. The lowest BCUT2D eigenvalue weighted by Crippen LogP contribution is -1.80. The number of carbonyl (C=O) groups is 1. The number of rotatable bonds is 2. The van der Waals surface area contributed by atoms with Gasteiger partial charge in [-0.1, -0.05) is 30.4 Å². The molecule has 1 aliphatic rings. The van der Waals surface area contributed by atoms with E-state index in [1.165, 1.54) is 5.57 Å². The zero-order valence-electron chi connectivity index (χ0n) is 5.79. The molecule has 0 saturated heterocycles. The normalized spacial score (nSPS) is 19.8. The number of allylic oxidation sites excluding steroid dienone is 6. The maximum absolute atomic E-state index is 9.96. The summed E-state index contributed by atoms with van der Waals surface area (Å²) >= 11 is 0. The Balaban J connectivity index is 2.49. The van der Waals surface area contributed by atoms with Gasteiger partial charge in [0.05, 0.1) is 0 Å². The standard InChI is InChI=1S/C9H10O/c10-8-4-7-9-5-2-1-3-6-9/h1-3,5,7-8H,4,6H2. The van der Waals surface area contributed by atoms with E-state index in [0.717, 1.165) is 12.7 Å². The molecule has 0 saturated carbocycles. The fourth-order valence-corrected chi connectivity index (χ4v) is 0.881. The number of hydrogen-bond donors (Lipinski definition) is 0. The molecule has 0 radical (unpaired) electrons. The van der Waals surface area contributed by atoms with Crippen LogP contribution >= 0.6 is 0 Å². The van der Waals surface area contributed by atoms with Crippen LogP contribution in [-0.4, -0.2) is 6.29 Å². The first kappa shape index (κ1) is 7.00. The summed E-state index contributed by atoms with van der Waals surface area (Å²) in [4.78, 5) is 9.96. The van der Waals surface area contributed by atoms with E-state index in [0.29, 0.717) is 6.42 Å². The van der Waals surface area contributed by atoms with Crippen LogP contribution < -0.4 is 0 Å². The zero-order chi connectivity index (χ0) is 7.23. The van der Waals surface area contributed by atoms with Gasteiger partial charge in [0.25, 0.3) is 0 Å². The average molecular weight is 134 g/mol. The molecule has 0 N–H and O–H groups in total. The van der Waals surface area contributed by atoms with Crippen molar-refractivity contribution < 1.29 is 4.79 Å². The summed E-state index contributed by atoms with van der Waals surface area (Å²) in [5.74, 6) is 0. The van der Waals surface area contributed by atoms with Crippen molar-refractivity contribution in [3.8, 4) is 0 Å². The smallest absolute Gasteiger partial charge is 0.123 e. The van der Waals surface area contributed by atoms with Gasteiger partial charge in [-0.2, -0.15) is 0 Å². The monoisotopic (exact) mass is 134 g/mol. The highest BCUT2D eigenvalue weighted by atomic mass is 16.1. The van der Waals surface area contributed by atoms with E-state index in [1.807, 2.05) is 24.3 Å². The highest BCUT2D eigenvalue weighted by Crippen LogP contribution is 2.09. The molecule has 0 aromatic heterocycles. The highest BCUT2D eigenvalue weighted by molar-refractivity contribution is 5.53. The molecule has 1 nitrogen and oxygen atoms in total. The van der Waals surface area contributed by atoms with E-state index < -0.39 is 0 Å². The predicted octanol–water partition coefficient (Wildman–Crippen LogP) is 2.02. The third-order valence-corrected chi connectivity index (χ3v) is 1.39. The third-order valence-electron chi connectivity index (χ3n) is 1.39. The van der Waals surface area contributed by atoms with E-state index >= 15 is 0 Å². The van der Waals surface area contributed by atoms with Gasteiger partial charge in [-0.05, 0) is 12.0 Å². The van der Waals surface area contributed by atoms with Gasteiger partial charge >= 0.3 is 0 Å². The molecule has 52 valence electrons. The molecule has 0 aliphatic heterocycles. The number of aldehydes is 1. The molecule has 0 heterocycles. The van der Waals surface area contributed by atoms with Crippen LogP contribution in [0.4, 0.5) is 0 Å². The van der Waals surface area contributed by atoms with Gasteiger partial charge in [0, 0.05) is 6.42 Å². The molecule has 0 atom stereocenters. The fraction of sp³-hybridized carbons (Fsp3) is 0.222. The minimum Gasteiger partial charge on any atom is -0.303 e. The van der Waals surface area contributed by atoms with Crippen LogP contribution in [-0.2, 0) is 4.79 Å². The topological polar surface area (TPSA) is 17.1 Å². The van der Waals surface area contributed by atoms with Crippen LogP contribution in [0.1, 0.15) is 12.8 Å². The Morgan fingerprint density at radius 2 is 2.40 bits per heavy atom. The summed E-state index contributed by atoms with van der Waals surface area (Å²) in [6.07, 6.45) is 12.5. The first-order chi connectivity index (χ1) is 4.93. The SMILES string of the molecule is O=CCC=C1C=CC=CC1. The largest absolute Gasteiger partial charge is 0.303 e. The van der Waals surface area contributed by atoms with E-state index in [9.17, 15) is 4.79 Å². The Labute approximate surface area is 60.7 Å². The summed E-state index contributed by atoms with van der Waals surface area (Å²) < 4.78 is 0. The zero-order valence-corrected chi connectivity index (χ0v) is 5.79. The second kappa shape index (κ2) is 3.83. The highest BCUT2D eigenvalue weighted by Gasteiger charge is 1.90. The summed E-state index contributed by atoms with van der Waals surface area (Å²) in [6.45, 7) is 0. The van der Waals surface area contributed by atoms with Crippen LogP contribution in [0.15, 0.2) is 36.0 Å². The van der Waals surface area contributed by atoms with Crippen molar-refractivity contribution in [2.45, 2.75) is 12.8 Å². The van der Waals surface area contributed by atoms with Crippen molar-refractivity contribution in [1.82, 2.24) is 0 Å². The lowest BCUT2D eigenvalue weighted by Gasteiger charge is -1.98. The molecular formula is C9H10O. The molecule has 0 aromatic rings. The predicted molar refractivity (Wildman–Crippen MR) is 41.7 cm³/mol. The summed E-state index contributed by atoms with van der Waals surface area (Å²) in [5, 5.41) is 0. The van der Waals surface area contributed by atoms with E-state index in [4.69, 9.17) is 0 Å². The van der Waals surface area contributed by atoms with Crippen molar-refractivity contribution in [2.24, 2.45) is 0 Å². The second-order valence-electron chi connectivity index (χ2n) is 2.17. The van der Waals surface area contributed by atoms with E-state index in [2.05, 4.69) is 6.08 Å². The average Bonchev–Trinajstić information content (AvgIpc) is 2.03. The van der Waals surface area contributed by atoms with Gasteiger partial charge in [0.15, 0.2) is 0 Å².